The maximum atomic E-state index is 16.3. The minimum absolute atomic E-state index is 0.0158. The van der Waals surface area contributed by atoms with Gasteiger partial charge in [0.25, 0.3) is 5.91 Å². The van der Waals surface area contributed by atoms with Crippen molar-refractivity contribution < 1.29 is 22.8 Å². The Morgan fingerprint density at radius 2 is 1.68 bits per heavy atom. The van der Waals surface area contributed by atoms with Crippen LogP contribution in [0.25, 0.3) is 39.0 Å². The number of halogens is 2. The summed E-state index contributed by atoms with van der Waals surface area (Å²) < 4.78 is 50.9. The minimum Gasteiger partial charge on any atom is -0.376 e. The third-order valence-electron chi connectivity index (χ3n) is 15.7. The first-order chi connectivity index (χ1) is 33.1. The number of nitrogens with one attached hydrogen (secondary N) is 2. The van der Waals surface area contributed by atoms with Gasteiger partial charge in [-0.3, -0.25) is 28.1 Å². The van der Waals surface area contributed by atoms with Crippen molar-refractivity contribution in [2.45, 2.75) is 102 Å². The molecule has 2 saturated heterocycles. The van der Waals surface area contributed by atoms with Crippen molar-refractivity contribution in [3.63, 3.8) is 0 Å². The third-order valence-corrected chi connectivity index (χ3v) is 15.7. The second-order valence-electron chi connectivity index (χ2n) is 20.4. The Morgan fingerprint density at radius 1 is 0.928 bits per heavy atom. The highest BCUT2D eigenvalue weighted by molar-refractivity contribution is 6.00. The van der Waals surface area contributed by atoms with Crippen molar-refractivity contribution >= 4 is 27.7 Å². The van der Waals surface area contributed by atoms with Gasteiger partial charge in [-0.25, -0.2) is 23.1 Å². The molecule has 16 nitrogen and oxygen atoms in total. The zero-order valence-corrected chi connectivity index (χ0v) is 39.5. The first-order valence-electron chi connectivity index (χ1n) is 23.8. The maximum absolute atomic E-state index is 16.3. The van der Waals surface area contributed by atoms with Crippen LogP contribution in [0.1, 0.15) is 116 Å². The van der Waals surface area contributed by atoms with Gasteiger partial charge >= 0.3 is 11.4 Å². The van der Waals surface area contributed by atoms with Crippen LogP contribution < -0.4 is 16.8 Å². The second kappa shape index (κ2) is 15.3. The number of fused-ring (bicyclic) bond motifs is 5. The standard InChI is InChI=1S/C51H53F2N11O5/c1-26-18-33(19-27(2)42(26)52)64-45(61-16-15-60(49(61)67)38-11-10-37-35(43(38)53)24-55-59(37)7)41-29(4)62(40-25-54-14-12-34(40)44(41)57-64)46(65)39-21-32-20-30(31-13-17-68-50(5,6)23-31)8-9-36(32)63(39)51(22-28(51)3)47-56-48(66)69-58-47/h8-11,15-16,18-21,24,28-29,31,34,40,54H,12-14,17,22-23,25H2,1-7H3,(H,56,58,66)/t28-,29-,31-,34?,40?,51-/m0/s1. The lowest BCUT2D eigenvalue weighted by molar-refractivity contribution is -0.0592. The van der Waals surface area contributed by atoms with Crippen molar-refractivity contribution in [3.05, 3.63) is 139 Å². The summed E-state index contributed by atoms with van der Waals surface area (Å²) >= 11 is 0. The summed E-state index contributed by atoms with van der Waals surface area (Å²) in [5.41, 5.74) is 4.03. The quantitative estimate of drug-likeness (QED) is 0.166. The van der Waals surface area contributed by atoms with Crippen LogP contribution in [-0.4, -0.2) is 85.5 Å². The number of ether oxygens (including phenoxy) is 1. The number of carbonyl (C=O) groups excluding carboxylic acids is 1. The molecule has 0 radical (unpaired) electrons. The average molecular weight is 938 g/mol. The smallest absolute Gasteiger partial charge is 0.376 e. The van der Waals surface area contributed by atoms with Gasteiger partial charge in [0.05, 0.1) is 51.9 Å². The van der Waals surface area contributed by atoms with E-state index in [2.05, 4.69) is 64.1 Å². The minimum atomic E-state index is -0.881. The van der Waals surface area contributed by atoms with Crippen molar-refractivity contribution in [1.29, 1.82) is 0 Å². The molecule has 0 bridgehead atoms. The van der Waals surface area contributed by atoms with Crippen LogP contribution in [0.5, 0.6) is 0 Å². The number of hydrogen-bond acceptors (Lipinski definition) is 9. The molecule has 3 fully saturated rings. The average Bonchev–Trinajstić information content (AvgIpc) is 3.96. The lowest BCUT2D eigenvalue weighted by atomic mass is 9.80. The number of rotatable bonds is 7. The van der Waals surface area contributed by atoms with E-state index in [4.69, 9.17) is 14.4 Å². The summed E-state index contributed by atoms with van der Waals surface area (Å²) in [5.74, 6) is -1.18. The van der Waals surface area contributed by atoms with Crippen LogP contribution in [0.2, 0.25) is 0 Å². The molecule has 1 saturated carbocycles. The molecule has 3 aliphatic heterocycles. The maximum Gasteiger partial charge on any atom is 0.438 e. The molecule has 8 aromatic rings. The van der Waals surface area contributed by atoms with E-state index in [9.17, 15) is 9.59 Å². The Kier molecular flexibility index (Phi) is 9.61. The van der Waals surface area contributed by atoms with Gasteiger partial charge in [-0.2, -0.15) is 10.2 Å². The topological polar surface area (TPSA) is 168 Å². The summed E-state index contributed by atoms with van der Waals surface area (Å²) in [6.45, 7) is 13.4. The van der Waals surface area contributed by atoms with Crippen molar-refractivity contribution in [3.8, 4) is 17.2 Å². The van der Waals surface area contributed by atoms with E-state index < -0.39 is 28.8 Å². The lowest BCUT2D eigenvalue weighted by Crippen LogP contribution is -2.56. The predicted molar refractivity (Wildman–Crippen MR) is 253 cm³/mol. The number of nitrogens with zero attached hydrogens (tertiary/aromatic N) is 9. The molecule has 8 heterocycles. The van der Waals surface area contributed by atoms with Gasteiger partial charge in [0, 0.05) is 55.0 Å². The number of aromatic nitrogens is 9. The van der Waals surface area contributed by atoms with E-state index in [0.29, 0.717) is 77.8 Å². The van der Waals surface area contributed by atoms with E-state index >= 15 is 13.6 Å². The van der Waals surface area contributed by atoms with Gasteiger partial charge < -0.3 is 19.5 Å². The molecule has 356 valence electrons. The number of aryl methyl sites for hydroxylation is 3. The van der Waals surface area contributed by atoms with E-state index in [1.165, 1.54) is 21.5 Å². The summed E-state index contributed by atoms with van der Waals surface area (Å²) in [7, 11) is 1.73. The fourth-order valence-electron chi connectivity index (χ4n) is 12.2. The molecule has 2 N–H and O–H groups in total. The Hall–Kier alpha value is -6.92. The summed E-state index contributed by atoms with van der Waals surface area (Å²) in [6.07, 6.45) is 7.51. The summed E-state index contributed by atoms with van der Waals surface area (Å²) in [4.78, 5) is 48.5. The molecule has 1 aliphatic carbocycles. The van der Waals surface area contributed by atoms with Crippen LogP contribution in [0, 0.1) is 31.4 Å². The van der Waals surface area contributed by atoms with E-state index in [0.717, 1.165) is 35.0 Å². The van der Waals surface area contributed by atoms with Gasteiger partial charge in [-0.05, 0) is 138 Å². The third kappa shape index (κ3) is 6.43. The van der Waals surface area contributed by atoms with Crippen molar-refractivity contribution in [1.82, 2.24) is 53.6 Å². The number of hydrogen-bond donors (Lipinski definition) is 2. The molecule has 1 amide bonds. The molecule has 69 heavy (non-hydrogen) atoms. The number of amides is 1. The SMILES string of the molecule is Cc1cc(-n2nc3c(c2-n2ccn(-c4ccc5c(cnn5C)c4F)c2=O)[C@H](C)N(C(=O)c2cc4cc([C@H]5CCOC(C)(C)C5)ccc4n2[C@@]2(c4noc(=O)[nH]4)C[C@@H]2C)C2CNCCC32)cc(C)c1F. The first kappa shape index (κ1) is 43.4. The van der Waals surface area contributed by atoms with Crippen LogP contribution in [-0.2, 0) is 17.3 Å². The van der Waals surface area contributed by atoms with E-state index in [-0.39, 0.29) is 52.2 Å². The second-order valence-corrected chi connectivity index (χ2v) is 20.4. The monoisotopic (exact) mass is 937 g/mol. The molecule has 4 aliphatic rings. The Bertz CT molecular complexity index is 3530. The van der Waals surface area contributed by atoms with Gasteiger partial charge in [-0.15, -0.1) is 0 Å². The lowest BCUT2D eigenvalue weighted by Gasteiger charge is -2.47. The largest absolute Gasteiger partial charge is 0.438 e. The highest BCUT2D eigenvalue weighted by atomic mass is 19.1. The van der Waals surface area contributed by atoms with Crippen LogP contribution in [0.15, 0.2) is 81.2 Å². The molecule has 6 atom stereocenters. The normalized spacial score (nSPS) is 24.2. The Labute approximate surface area is 394 Å². The zero-order valence-electron chi connectivity index (χ0n) is 39.5. The summed E-state index contributed by atoms with van der Waals surface area (Å²) in [5, 5.41) is 18.5. The van der Waals surface area contributed by atoms with E-state index in [1.54, 1.807) is 60.7 Å². The molecule has 5 aromatic heterocycles. The fourth-order valence-corrected chi connectivity index (χ4v) is 12.2. The predicted octanol–water partition coefficient (Wildman–Crippen LogP) is 7.35. The molecule has 2 unspecified atom stereocenters. The molecular weight excluding hydrogens is 885 g/mol. The van der Waals surface area contributed by atoms with Gasteiger partial charge in [0.1, 0.15) is 22.9 Å². The molecule has 3 aromatic carbocycles. The molecular formula is C51H53F2N11O5. The molecule has 12 rings (SSSR count). The van der Waals surface area contributed by atoms with Crippen LogP contribution in [0.4, 0.5) is 8.78 Å². The number of aromatic amines is 1. The Morgan fingerprint density at radius 3 is 2.41 bits per heavy atom. The number of carbonyl (C=O) groups is 1. The Balaban J connectivity index is 1.05. The van der Waals surface area contributed by atoms with Crippen LogP contribution in [0.3, 0.4) is 0 Å². The highest BCUT2D eigenvalue weighted by Crippen LogP contribution is 2.56. The number of H-pyrrole nitrogens is 1. The number of benzene rings is 3. The highest BCUT2D eigenvalue weighted by Gasteiger charge is 2.59. The van der Waals surface area contributed by atoms with Crippen molar-refractivity contribution in [2.24, 2.45) is 13.0 Å². The number of piperidine rings is 1. The van der Waals surface area contributed by atoms with Gasteiger partial charge in [0.2, 0.25) is 0 Å². The zero-order chi connectivity index (χ0) is 48.0. The van der Waals surface area contributed by atoms with Gasteiger partial charge in [-0.1, -0.05) is 18.1 Å². The van der Waals surface area contributed by atoms with Crippen molar-refractivity contribution in [2.75, 3.05) is 19.7 Å². The number of imidazole rings is 1. The molecule has 0 spiro atoms. The van der Waals surface area contributed by atoms with Gasteiger partial charge in [0.15, 0.2) is 11.6 Å². The first-order valence-corrected chi connectivity index (χ1v) is 23.8. The van der Waals surface area contributed by atoms with E-state index in [1.807, 2.05) is 17.9 Å². The van der Waals surface area contributed by atoms with Crippen LogP contribution >= 0.6 is 0 Å². The summed E-state index contributed by atoms with van der Waals surface area (Å²) in [6, 6.07) is 14.0. The molecule has 18 heteroatoms. The fraction of sp³-hybridized carbons (Fsp3) is 0.412.